The Morgan fingerprint density at radius 1 is 1.53 bits per heavy atom. The number of nitrogens with one attached hydrogen (secondary N) is 1. The van der Waals surface area contributed by atoms with E-state index in [-0.39, 0.29) is 6.54 Å². The zero-order valence-corrected chi connectivity index (χ0v) is 9.87. The van der Waals surface area contributed by atoms with Gasteiger partial charge in [-0.1, -0.05) is 6.92 Å². The number of carbonyl (C=O) groups is 1. The fourth-order valence-electron chi connectivity index (χ4n) is 1.76. The molecule has 0 spiro atoms. The number of halogens is 2. The highest BCUT2D eigenvalue weighted by Crippen LogP contribution is 2.54. The van der Waals surface area contributed by atoms with E-state index in [1.54, 1.807) is 18.5 Å². The molecule has 1 amide bonds. The van der Waals surface area contributed by atoms with Crippen molar-refractivity contribution >= 4 is 5.91 Å². The lowest BCUT2D eigenvalue weighted by atomic mass is 10.3. The second kappa shape index (κ2) is 3.75. The van der Waals surface area contributed by atoms with E-state index in [1.165, 1.54) is 6.92 Å². The van der Waals surface area contributed by atoms with Gasteiger partial charge in [-0.2, -0.15) is 0 Å². The van der Waals surface area contributed by atoms with E-state index in [0.717, 1.165) is 0 Å². The van der Waals surface area contributed by atoms with Crippen molar-refractivity contribution in [2.75, 3.05) is 0 Å². The summed E-state index contributed by atoms with van der Waals surface area (Å²) in [6, 6.07) is 0. The summed E-state index contributed by atoms with van der Waals surface area (Å²) < 4.78 is 27.6. The van der Waals surface area contributed by atoms with E-state index in [1.807, 2.05) is 0 Å². The summed E-state index contributed by atoms with van der Waals surface area (Å²) in [6.07, 6.45) is 0. The van der Waals surface area contributed by atoms with Gasteiger partial charge in [-0.05, 0) is 6.92 Å². The fraction of sp³-hybridized carbons (Fsp3) is 0.700. The smallest absolute Gasteiger partial charge is 0.263 e. The van der Waals surface area contributed by atoms with Crippen molar-refractivity contribution in [1.82, 2.24) is 20.1 Å². The Kier molecular flexibility index (Phi) is 2.63. The van der Waals surface area contributed by atoms with Crippen molar-refractivity contribution in [3.05, 3.63) is 11.6 Å². The van der Waals surface area contributed by atoms with Crippen molar-refractivity contribution < 1.29 is 13.6 Å². The molecule has 0 radical (unpaired) electrons. The van der Waals surface area contributed by atoms with E-state index >= 15 is 0 Å². The van der Waals surface area contributed by atoms with Crippen LogP contribution in [0.15, 0.2) is 0 Å². The summed E-state index contributed by atoms with van der Waals surface area (Å²) in [5.74, 6) is -4.30. The Morgan fingerprint density at radius 3 is 2.53 bits per heavy atom. The Morgan fingerprint density at radius 2 is 2.12 bits per heavy atom. The highest BCUT2D eigenvalue weighted by atomic mass is 19.3. The quantitative estimate of drug-likeness (QED) is 0.848. The predicted molar refractivity (Wildman–Crippen MR) is 55.2 cm³/mol. The minimum absolute atomic E-state index is 0.121. The zero-order chi connectivity index (χ0) is 12.8. The molecule has 2 atom stereocenters. The van der Waals surface area contributed by atoms with Crippen LogP contribution in [0, 0.1) is 18.8 Å². The molecule has 0 aliphatic heterocycles. The Labute approximate surface area is 97.2 Å². The van der Waals surface area contributed by atoms with E-state index < -0.39 is 23.7 Å². The summed E-state index contributed by atoms with van der Waals surface area (Å²) in [5.41, 5.74) is 0. The maximum absolute atomic E-state index is 13.0. The van der Waals surface area contributed by atoms with Gasteiger partial charge in [0.2, 0.25) is 5.91 Å². The van der Waals surface area contributed by atoms with Gasteiger partial charge in [0.25, 0.3) is 5.92 Å². The van der Waals surface area contributed by atoms with Gasteiger partial charge in [0.15, 0.2) is 5.82 Å². The van der Waals surface area contributed by atoms with Crippen LogP contribution < -0.4 is 5.32 Å². The molecule has 2 unspecified atom stereocenters. The van der Waals surface area contributed by atoms with Gasteiger partial charge < -0.3 is 9.88 Å². The first-order chi connectivity index (χ1) is 7.85. The van der Waals surface area contributed by atoms with Gasteiger partial charge in [-0.25, -0.2) is 8.78 Å². The lowest BCUT2D eigenvalue weighted by Gasteiger charge is -2.04. The third-order valence-corrected chi connectivity index (χ3v) is 3.30. The highest BCUT2D eigenvalue weighted by molar-refractivity contribution is 5.83. The third-order valence-electron chi connectivity index (χ3n) is 3.30. The first-order valence-corrected chi connectivity index (χ1v) is 5.36. The van der Waals surface area contributed by atoms with Crippen molar-refractivity contribution in [1.29, 1.82) is 0 Å². The zero-order valence-electron chi connectivity index (χ0n) is 9.87. The number of rotatable bonds is 3. The Hall–Kier alpha value is -1.53. The largest absolute Gasteiger partial charge is 0.348 e. The maximum atomic E-state index is 13.0. The van der Waals surface area contributed by atoms with Crippen LogP contribution in [0.3, 0.4) is 0 Å². The van der Waals surface area contributed by atoms with Crippen LogP contribution in [0.25, 0.3) is 0 Å². The molecule has 1 aliphatic carbocycles. The summed E-state index contributed by atoms with van der Waals surface area (Å²) in [7, 11) is 1.76. The molecule has 1 saturated carbocycles. The number of alkyl halides is 2. The normalized spacial score (nSPS) is 25.7. The van der Waals surface area contributed by atoms with Gasteiger partial charge in [0.1, 0.15) is 11.7 Å². The number of carbonyl (C=O) groups excluding carboxylic acids is 1. The SMILES string of the molecule is Cc1nnc(CNC(=O)C2C(C)C2(F)F)n1C. The molecule has 1 N–H and O–H groups in total. The van der Waals surface area contributed by atoms with Gasteiger partial charge >= 0.3 is 0 Å². The Balaban J connectivity index is 1.92. The Bertz CT molecular complexity index is 457. The number of nitrogens with zero attached hydrogens (tertiary/aromatic N) is 3. The van der Waals surface area contributed by atoms with E-state index in [2.05, 4.69) is 15.5 Å². The van der Waals surface area contributed by atoms with Crippen LogP contribution in [-0.2, 0) is 18.4 Å². The monoisotopic (exact) mass is 244 g/mol. The number of hydrogen-bond acceptors (Lipinski definition) is 3. The van der Waals surface area contributed by atoms with E-state index in [9.17, 15) is 13.6 Å². The summed E-state index contributed by atoms with van der Waals surface area (Å²) in [5, 5.41) is 10.1. The molecule has 5 nitrogen and oxygen atoms in total. The third kappa shape index (κ3) is 1.89. The van der Waals surface area contributed by atoms with E-state index in [0.29, 0.717) is 11.6 Å². The highest BCUT2D eigenvalue weighted by Gasteiger charge is 2.69. The van der Waals surface area contributed by atoms with Gasteiger partial charge in [-0.15, -0.1) is 10.2 Å². The van der Waals surface area contributed by atoms with Crippen molar-refractivity contribution in [3.8, 4) is 0 Å². The molecule has 0 bridgehead atoms. The number of aromatic nitrogens is 3. The van der Waals surface area contributed by atoms with Crippen LogP contribution in [-0.4, -0.2) is 26.6 Å². The summed E-state index contributed by atoms with van der Waals surface area (Å²) in [4.78, 5) is 11.5. The van der Waals surface area contributed by atoms with Crippen LogP contribution in [0.2, 0.25) is 0 Å². The lowest BCUT2D eigenvalue weighted by Crippen LogP contribution is -2.28. The first kappa shape index (κ1) is 11.9. The molecular weight excluding hydrogens is 230 g/mol. The summed E-state index contributed by atoms with van der Waals surface area (Å²) in [6.45, 7) is 3.27. The molecule has 17 heavy (non-hydrogen) atoms. The van der Waals surface area contributed by atoms with Crippen LogP contribution in [0.4, 0.5) is 8.78 Å². The van der Waals surface area contributed by atoms with Crippen molar-refractivity contribution in [2.24, 2.45) is 18.9 Å². The molecule has 1 aromatic heterocycles. The maximum Gasteiger partial charge on any atom is 0.263 e. The minimum Gasteiger partial charge on any atom is -0.348 e. The molecule has 94 valence electrons. The number of hydrogen-bond donors (Lipinski definition) is 1. The average Bonchev–Trinajstić information content (AvgIpc) is 2.58. The second-order valence-corrected chi connectivity index (χ2v) is 4.38. The molecule has 1 heterocycles. The lowest BCUT2D eigenvalue weighted by molar-refractivity contribution is -0.124. The van der Waals surface area contributed by atoms with Crippen molar-refractivity contribution in [2.45, 2.75) is 26.3 Å². The standard InChI is InChI=1S/C10H14F2N4O/c1-5-8(10(5,11)12)9(17)13-4-7-15-14-6(2)16(7)3/h5,8H,4H2,1-3H3,(H,13,17). The van der Waals surface area contributed by atoms with Gasteiger partial charge in [0.05, 0.1) is 6.54 Å². The topological polar surface area (TPSA) is 59.8 Å². The van der Waals surface area contributed by atoms with Gasteiger partial charge in [0, 0.05) is 13.0 Å². The van der Waals surface area contributed by atoms with E-state index in [4.69, 9.17) is 0 Å². The molecule has 1 aromatic rings. The molecular formula is C10H14F2N4O. The number of amides is 1. The molecule has 1 aliphatic rings. The minimum atomic E-state index is -2.86. The van der Waals surface area contributed by atoms with Crippen LogP contribution in [0.1, 0.15) is 18.6 Å². The fourth-order valence-corrected chi connectivity index (χ4v) is 1.76. The summed E-state index contributed by atoms with van der Waals surface area (Å²) >= 11 is 0. The predicted octanol–water partition coefficient (Wildman–Crippen LogP) is 0.641. The second-order valence-electron chi connectivity index (χ2n) is 4.38. The number of aryl methyl sites for hydroxylation is 1. The van der Waals surface area contributed by atoms with Crippen molar-refractivity contribution in [3.63, 3.8) is 0 Å². The van der Waals surface area contributed by atoms with Crippen LogP contribution >= 0.6 is 0 Å². The molecule has 7 heteroatoms. The molecule has 2 rings (SSSR count). The average molecular weight is 244 g/mol. The van der Waals surface area contributed by atoms with Gasteiger partial charge in [-0.3, -0.25) is 4.79 Å². The molecule has 0 saturated heterocycles. The first-order valence-electron chi connectivity index (χ1n) is 5.36. The van der Waals surface area contributed by atoms with Crippen LogP contribution in [0.5, 0.6) is 0 Å². The molecule has 1 fully saturated rings. The molecule has 0 aromatic carbocycles.